The van der Waals surface area contributed by atoms with Crippen molar-refractivity contribution in [2.45, 2.75) is 6.92 Å². The highest BCUT2D eigenvalue weighted by atomic mass is 16.6. The lowest BCUT2D eigenvalue weighted by Crippen LogP contribution is -2.16. The molecule has 0 heterocycles. The Hall–Kier alpha value is -2.47. The lowest BCUT2D eigenvalue weighted by molar-refractivity contribution is -0.120. The van der Waals surface area contributed by atoms with E-state index in [-0.39, 0.29) is 36.7 Å². The number of hydrogen-bond donors (Lipinski definition) is 1. The van der Waals surface area contributed by atoms with Crippen LogP contribution in [0.5, 0.6) is 0 Å². The third-order valence-corrected chi connectivity index (χ3v) is 2.55. The summed E-state index contributed by atoms with van der Waals surface area (Å²) < 4.78 is 9.92. The summed E-state index contributed by atoms with van der Waals surface area (Å²) in [6.07, 6.45) is 0. The number of Topliss-reactive ketones (excluding diaryl/α,β-unsaturated/α-hetero) is 1. The largest absolute Gasteiger partial charge is 0.478 e. The Morgan fingerprint density at radius 2 is 1.76 bits per heavy atom. The summed E-state index contributed by atoms with van der Waals surface area (Å²) in [6.45, 7) is 4.90. The fraction of sp³-hybridized carbons (Fsp3) is 0.267. The van der Waals surface area contributed by atoms with Gasteiger partial charge in [0.25, 0.3) is 0 Å². The van der Waals surface area contributed by atoms with Crippen LogP contribution in [0.15, 0.2) is 36.4 Å². The molecule has 0 amide bonds. The molecule has 0 spiro atoms. The summed E-state index contributed by atoms with van der Waals surface area (Å²) in [5, 5.41) is 8.96. The zero-order valence-electron chi connectivity index (χ0n) is 11.6. The van der Waals surface area contributed by atoms with Crippen molar-refractivity contribution in [1.29, 1.82) is 0 Å². The Labute approximate surface area is 122 Å². The summed E-state index contributed by atoms with van der Waals surface area (Å²) in [6, 6.07) is 5.76. The third kappa shape index (κ3) is 5.19. The Kier molecular flexibility index (Phi) is 6.29. The molecule has 0 atom stereocenters. The van der Waals surface area contributed by atoms with Gasteiger partial charge in [0.1, 0.15) is 13.2 Å². The minimum absolute atomic E-state index is 0.0250. The molecule has 6 nitrogen and oxygen atoms in total. The molecule has 0 aliphatic heterocycles. The standard InChI is InChI=1S/C15H16O6/c1-10(2)13(16)9-20-7-8-21-15(19)12-6-4-3-5-11(12)14(17)18/h3-6H,1,7-9H2,2H3,(H,17,18). The number of aromatic carboxylic acids is 1. The summed E-state index contributed by atoms with van der Waals surface area (Å²) >= 11 is 0. The van der Waals surface area contributed by atoms with Crippen molar-refractivity contribution in [3.63, 3.8) is 0 Å². The van der Waals surface area contributed by atoms with Crippen molar-refractivity contribution in [3.05, 3.63) is 47.5 Å². The van der Waals surface area contributed by atoms with Gasteiger partial charge in [-0.15, -0.1) is 0 Å². The van der Waals surface area contributed by atoms with E-state index in [0.29, 0.717) is 5.57 Å². The van der Waals surface area contributed by atoms with Gasteiger partial charge in [0.2, 0.25) is 0 Å². The molecule has 0 saturated heterocycles. The van der Waals surface area contributed by atoms with Crippen LogP contribution in [0, 0.1) is 0 Å². The number of carboxylic acid groups (broad SMARTS) is 1. The van der Waals surface area contributed by atoms with E-state index >= 15 is 0 Å². The average molecular weight is 292 g/mol. The smallest absolute Gasteiger partial charge is 0.339 e. The number of benzene rings is 1. The van der Waals surface area contributed by atoms with Crippen molar-refractivity contribution in [2.75, 3.05) is 19.8 Å². The van der Waals surface area contributed by atoms with Gasteiger partial charge in [-0.3, -0.25) is 4.79 Å². The van der Waals surface area contributed by atoms with E-state index in [9.17, 15) is 14.4 Å². The molecule has 0 aliphatic rings. The maximum absolute atomic E-state index is 11.8. The zero-order chi connectivity index (χ0) is 15.8. The zero-order valence-corrected chi connectivity index (χ0v) is 11.6. The van der Waals surface area contributed by atoms with Crippen LogP contribution >= 0.6 is 0 Å². The molecular formula is C15H16O6. The quantitative estimate of drug-likeness (QED) is 0.445. The predicted octanol–water partition coefficient (Wildman–Crippen LogP) is 1.70. The molecule has 0 bridgehead atoms. The van der Waals surface area contributed by atoms with Crippen molar-refractivity contribution >= 4 is 17.7 Å². The molecule has 0 aromatic heterocycles. The Balaban J connectivity index is 2.43. The number of ether oxygens (including phenoxy) is 2. The van der Waals surface area contributed by atoms with E-state index in [1.54, 1.807) is 13.0 Å². The van der Waals surface area contributed by atoms with Crippen molar-refractivity contribution in [1.82, 2.24) is 0 Å². The van der Waals surface area contributed by atoms with Crippen LogP contribution in [0.4, 0.5) is 0 Å². The second-order valence-electron chi connectivity index (χ2n) is 4.24. The first kappa shape index (κ1) is 16.6. The van der Waals surface area contributed by atoms with Gasteiger partial charge in [-0.25, -0.2) is 9.59 Å². The van der Waals surface area contributed by atoms with Crippen LogP contribution in [0.25, 0.3) is 0 Å². The second kappa shape index (κ2) is 7.96. The van der Waals surface area contributed by atoms with Crippen molar-refractivity contribution in [2.24, 2.45) is 0 Å². The van der Waals surface area contributed by atoms with E-state index in [1.807, 2.05) is 0 Å². The highest BCUT2D eigenvalue weighted by Crippen LogP contribution is 2.10. The molecule has 0 radical (unpaired) electrons. The predicted molar refractivity (Wildman–Crippen MR) is 74.3 cm³/mol. The molecule has 0 saturated carbocycles. The summed E-state index contributed by atoms with van der Waals surface area (Å²) in [5.74, 6) is -2.17. The van der Waals surface area contributed by atoms with E-state index < -0.39 is 11.9 Å². The van der Waals surface area contributed by atoms with Crippen LogP contribution in [-0.4, -0.2) is 42.6 Å². The fourth-order valence-corrected chi connectivity index (χ4v) is 1.41. The maximum Gasteiger partial charge on any atom is 0.339 e. The maximum atomic E-state index is 11.8. The molecular weight excluding hydrogens is 276 g/mol. The minimum Gasteiger partial charge on any atom is -0.478 e. The van der Waals surface area contributed by atoms with E-state index in [0.717, 1.165) is 0 Å². The monoisotopic (exact) mass is 292 g/mol. The first-order valence-electron chi connectivity index (χ1n) is 6.19. The number of esters is 1. The Bertz CT molecular complexity index is 561. The fourth-order valence-electron chi connectivity index (χ4n) is 1.41. The van der Waals surface area contributed by atoms with Crippen LogP contribution in [0.2, 0.25) is 0 Å². The molecule has 1 rings (SSSR count). The number of hydrogen-bond acceptors (Lipinski definition) is 5. The SMILES string of the molecule is C=C(C)C(=O)COCCOC(=O)c1ccccc1C(=O)O. The molecule has 1 aromatic carbocycles. The lowest BCUT2D eigenvalue weighted by Gasteiger charge is -2.07. The molecule has 112 valence electrons. The van der Waals surface area contributed by atoms with Gasteiger partial charge < -0.3 is 14.6 Å². The number of carbonyl (C=O) groups is 3. The molecule has 6 heteroatoms. The Morgan fingerprint density at radius 3 is 2.33 bits per heavy atom. The normalized spacial score (nSPS) is 9.95. The molecule has 0 unspecified atom stereocenters. The molecule has 1 N–H and O–H groups in total. The lowest BCUT2D eigenvalue weighted by atomic mass is 10.1. The van der Waals surface area contributed by atoms with Crippen LogP contribution in [-0.2, 0) is 14.3 Å². The van der Waals surface area contributed by atoms with E-state index in [2.05, 4.69) is 6.58 Å². The molecule has 0 fully saturated rings. The van der Waals surface area contributed by atoms with E-state index in [1.165, 1.54) is 18.2 Å². The minimum atomic E-state index is -1.20. The van der Waals surface area contributed by atoms with Gasteiger partial charge in [-0.2, -0.15) is 0 Å². The van der Waals surface area contributed by atoms with Crippen molar-refractivity contribution < 1.29 is 29.0 Å². The van der Waals surface area contributed by atoms with Gasteiger partial charge in [0.05, 0.1) is 17.7 Å². The van der Waals surface area contributed by atoms with Gasteiger partial charge in [-0.05, 0) is 24.6 Å². The van der Waals surface area contributed by atoms with Crippen molar-refractivity contribution in [3.8, 4) is 0 Å². The van der Waals surface area contributed by atoms with Gasteiger partial charge >= 0.3 is 11.9 Å². The topological polar surface area (TPSA) is 89.9 Å². The summed E-state index contributed by atoms with van der Waals surface area (Å²) in [4.78, 5) is 33.9. The number of carbonyl (C=O) groups excluding carboxylic acids is 2. The third-order valence-electron chi connectivity index (χ3n) is 2.55. The van der Waals surface area contributed by atoms with Crippen LogP contribution in [0.1, 0.15) is 27.6 Å². The van der Waals surface area contributed by atoms with Gasteiger partial charge in [0, 0.05) is 0 Å². The molecule has 1 aromatic rings. The first-order chi connectivity index (χ1) is 9.93. The average Bonchev–Trinajstić information content (AvgIpc) is 2.46. The number of rotatable bonds is 8. The summed E-state index contributed by atoms with van der Waals surface area (Å²) in [5.41, 5.74) is 0.242. The van der Waals surface area contributed by atoms with E-state index in [4.69, 9.17) is 14.6 Å². The number of ketones is 1. The molecule has 0 aliphatic carbocycles. The second-order valence-corrected chi connectivity index (χ2v) is 4.24. The highest BCUT2D eigenvalue weighted by molar-refractivity contribution is 6.02. The first-order valence-corrected chi connectivity index (χ1v) is 6.19. The van der Waals surface area contributed by atoms with Gasteiger partial charge in [0.15, 0.2) is 5.78 Å². The highest BCUT2D eigenvalue weighted by Gasteiger charge is 2.16. The van der Waals surface area contributed by atoms with Crippen LogP contribution < -0.4 is 0 Å². The number of carboxylic acids is 1. The summed E-state index contributed by atoms with van der Waals surface area (Å²) in [7, 11) is 0. The van der Waals surface area contributed by atoms with Crippen LogP contribution in [0.3, 0.4) is 0 Å². The van der Waals surface area contributed by atoms with Gasteiger partial charge in [-0.1, -0.05) is 18.7 Å². The Morgan fingerprint density at radius 1 is 1.14 bits per heavy atom. The molecule has 21 heavy (non-hydrogen) atoms.